The molecule has 0 aromatic heterocycles. The van der Waals surface area contributed by atoms with Crippen LogP contribution in [0.5, 0.6) is 0 Å². The highest BCUT2D eigenvalue weighted by Crippen LogP contribution is 1.95. The van der Waals surface area contributed by atoms with Gasteiger partial charge in [0, 0.05) is 12.6 Å². The van der Waals surface area contributed by atoms with E-state index in [0.29, 0.717) is 6.04 Å². The highest BCUT2D eigenvalue weighted by atomic mass is 15.1. The van der Waals surface area contributed by atoms with Crippen LogP contribution in [0.25, 0.3) is 0 Å². The third-order valence-electron chi connectivity index (χ3n) is 2.12. The van der Waals surface area contributed by atoms with Gasteiger partial charge in [-0.05, 0) is 33.0 Å². The fourth-order valence-electron chi connectivity index (χ4n) is 1.48. The molecule has 74 valence electrons. The van der Waals surface area contributed by atoms with Gasteiger partial charge in [-0.25, -0.2) is 0 Å². The predicted octanol–water partition coefficient (Wildman–Crippen LogP) is 1.72. The molecule has 0 aliphatic rings. The molecule has 0 aromatic rings. The molecule has 0 fully saturated rings. The molecule has 0 bridgehead atoms. The summed E-state index contributed by atoms with van der Waals surface area (Å²) in [5.74, 6) is 0. The maximum Gasteiger partial charge on any atom is 0.0192 e. The van der Waals surface area contributed by atoms with Crippen molar-refractivity contribution in [3.63, 3.8) is 0 Å². The van der Waals surface area contributed by atoms with Crippen LogP contribution in [-0.2, 0) is 0 Å². The Balaban J connectivity index is 3.53. The highest BCUT2D eigenvalue weighted by molar-refractivity contribution is 4.67. The number of hydrogen-bond acceptors (Lipinski definition) is 2. The van der Waals surface area contributed by atoms with Crippen molar-refractivity contribution >= 4 is 0 Å². The zero-order valence-corrected chi connectivity index (χ0v) is 9.06. The molecule has 0 radical (unpaired) electrons. The molecule has 0 heterocycles. The molecule has 0 saturated heterocycles. The average molecular weight is 172 g/mol. The van der Waals surface area contributed by atoms with Crippen LogP contribution in [0.1, 0.15) is 33.6 Å². The smallest absolute Gasteiger partial charge is 0.0192 e. The lowest BCUT2D eigenvalue weighted by molar-refractivity contribution is 0.286. The Morgan fingerprint density at radius 2 is 1.92 bits per heavy atom. The minimum Gasteiger partial charge on any atom is -0.313 e. The van der Waals surface area contributed by atoms with Crippen LogP contribution in [-0.4, -0.2) is 37.6 Å². The van der Waals surface area contributed by atoms with Gasteiger partial charge >= 0.3 is 0 Å². The second-order valence-electron chi connectivity index (χ2n) is 3.43. The number of hydrogen-bond donors (Lipinski definition) is 1. The zero-order chi connectivity index (χ0) is 9.40. The maximum absolute atomic E-state index is 3.48. The Morgan fingerprint density at radius 1 is 1.25 bits per heavy atom. The van der Waals surface area contributed by atoms with E-state index in [2.05, 4.69) is 38.0 Å². The normalized spacial score (nSPS) is 13.8. The van der Waals surface area contributed by atoms with Gasteiger partial charge in [0.25, 0.3) is 0 Å². The Hall–Kier alpha value is -0.0800. The molecule has 0 rings (SSSR count). The van der Waals surface area contributed by atoms with Crippen LogP contribution in [0.3, 0.4) is 0 Å². The molecule has 0 aliphatic heterocycles. The third-order valence-corrected chi connectivity index (χ3v) is 2.12. The second kappa shape index (κ2) is 7.56. The minimum absolute atomic E-state index is 0.673. The van der Waals surface area contributed by atoms with Gasteiger partial charge in [0.15, 0.2) is 0 Å². The van der Waals surface area contributed by atoms with Crippen LogP contribution < -0.4 is 5.32 Å². The van der Waals surface area contributed by atoms with Gasteiger partial charge < -0.3 is 10.2 Å². The Bertz CT molecular complexity index is 93.8. The van der Waals surface area contributed by atoms with E-state index in [-0.39, 0.29) is 0 Å². The second-order valence-corrected chi connectivity index (χ2v) is 3.43. The molecule has 0 aromatic carbocycles. The van der Waals surface area contributed by atoms with Gasteiger partial charge in [0.1, 0.15) is 0 Å². The summed E-state index contributed by atoms with van der Waals surface area (Å²) in [7, 11) is 2.20. The van der Waals surface area contributed by atoms with Crippen molar-refractivity contribution in [2.24, 2.45) is 0 Å². The summed E-state index contributed by atoms with van der Waals surface area (Å²) in [6.07, 6.45) is 2.47. The lowest BCUT2D eigenvalue weighted by atomic mass is 10.2. The number of nitrogens with zero attached hydrogens (tertiary/aromatic N) is 1. The first-order chi connectivity index (χ1) is 5.74. The SMILES string of the molecule is CCCN(C)C[C@@H](CC)NCC. The van der Waals surface area contributed by atoms with Gasteiger partial charge in [-0.1, -0.05) is 20.8 Å². The van der Waals surface area contributed by atoms with Crippen molar-refractivity contribution in [1.29, 1.82) is 0 Å². The summed E-state index contributed by atoms with van der Waals surface area (Å²) in [4.78, 5) is 2.40. The van der Waals surface area contributed by atoms with Crippen molar-refractivity contribution in [2.45, 2.75) is 39.7 Å². The summed E-state index contributed by atoms with van der Waals surface area (Å²) in [5, 5.41) is 3.48. The quantitative estimate of drug-likeness (QED) is 0.629. The topological polar surface area (TPSA) is 15.3 Å². The maximum atomic E-state index is 3.48. The molecule has 0 aliphatic carbocycles. The van der Waals surface area contributed by atoms with Crippen molar-refractivity contribution in [3.8, 4) is 0 Å². The lowest BCUT2D eigenvalue weighted by Gasteiger charge is -2.23. The lowest BCUT2D eigenvalue weighted by Crippen LogP contribution is -2.39. The first-order valence-corrected chi connectivity index (χ1v) is 5.16. The molecule has 2 heteroatoms. The van der Waals surface area contributed by atoms with Crippen LogP contribution in [0, 0.1) is 0 Å². The van der Waals surface area contributed by atoms with Crippen molar-refractivity contribution in [1.82, 2.24) is 10.2 Å². The van der Waals surface area contributed by atoms with Crippen molar-refractivity contribution < 1.29 is 0 Å². The van der Waals surface area contributed by atoms with E-state index in [4.69, 9.17) is 0 Å². The van der Waals surface area contributed by atoms with Gasteiger partial charge in [-0.2, -0.15) is 0 Å². The highest BCUT2D eigenvalue weighted by Gasteiger charge is 2.06. The molecule has 0 saturated carbocycles. The Morgan fingerprint density at radius 3 is 2.33 bits per heavy atom. The summed E-state index contributed by atoms with van der Waals surface area (Å²) >= 11 is 0. The van der Waals surface area contributed by atoms with E-state index in [0.717, 1.165) is 6.54 Å². The first-order valence-electron chi connectivity index (χ1n) is 5.16. The molecule has 1 atom stereocenters. The molecular weight excluding hydrogens is 148 g/mol. The van der Waals surface area contributed by atoms with Gasteiger partial charge in [0.05, 0.1) is 0 Å². The minimum atomic E-state index is 0.673. The van der Waals surface area contributed by atoms with Crippen LogP contribution in [0.4, 0.5) is 0 Å². The Labute approximate surface area is 77.3 Å². The third kappa shape index (κ3) is 5.56. The fourth-order valence-corrected chi connectivity index (χ4v) is 1.48. The fraction of sp³-hybridized carbons (Fsp3) is 1.00. The van der Waals surface area contributed by atoms with E-state index in [1.807, 2.05) is 0 Å². The largest absolute Gasteiger partial charge is 0.313 e. The molecular formula is C10H24N2. The van der Waals surface area contributed by atoms with Crippen molar-refractivity contribution in [3.05, 3.63) is 0 Å². The first kappa shape index (κ1) is 11.9. The van der Waals surface area contributed by atoms with E-state index in [1.165, 1.54) is 25.9 Å². The summed E-state index contributed by atoms with van der Waals surface area (Å²) in [5.41, 5.74) is 0. The van der Waals surface area contributed by atoms with Gasteiger partial charge in [-0.15, -0.1) is 0 Å². The van der Waals surface area contributed by atoms with E-state index in [9.17, 15) is 0 Å². The van der Waals surface area contributed by atoms with E-state index < -0.39 is 0 Å². The van der Waals surface area contributed by atoms with Crippen molar-refractivity contribution in [2.75, 3.05) is 26.7 Å². The summed E-state index contributed by atoms with van der Waals surface area (Å²) in [6.45, 7) is 10.1. The van der Waals surface area contributed by atoms with Crippen LogP contribution in [0.15, 0.2) is 0 Å². The number of nitrogens with one attached hydrogen (secondary N) is 1. The van der Waals surface area contributed by atoms with Crippen LogP contribution in [0.2, 0.25) is 0 Å². The van der Waals surface area contributed by atoms with Gasteiger partial charge in [-0.3, -0.25) is 0 Å². The number of likely N-dealkylation sites (N-methyl/N-ethyl adjacent to an activating group) is 2. The molecule has 2 nitrogen and oxygen atoms in total. The number of rotatable bonds is 7. The Kier molecular flexibility index (Phi) is 7.51. The predicted molar refractivity (Wildman–Crippen MR) is 55.5 cm³/mol. The van der Waals surface area contributed by atoms with E-state index >= 15 is 0 Å². The standard InChI is InChI=1S/C10H24N2/c1-5-8-12(4)9-10(6-2)11-7-3/h10-11H,5-9H2,1-4H3/t10-/m1/s1. The molecule has 0 unspecified atom stereocenters. The molecule has 1 N–H and O–H groups in total. The van der Waals surface area contributed by atoms with Gasteiger partial charge in [0.2, 0.25) is 0 Å². The molecule has 12 heavy (non-hydrogen) atoms. The van der Waals surface area contributed by atoms with Crippen LogP contribution >= 0.6 is 0 Å². The monoisotopic (exact) mass is 172 g/mol. The zero-order valence-electron chi connectivity index (χ0n) is 9.06. The summed E-state index contributed by atoms with van der Waals surface area (Å²) in [6, 6.07) is 0.673. The van der Waals surface area contributed by atoms with E-state index in [1.54, 1.807) is 0 Å². The molecule has 0 spiro atoms. The molecule has 0 amide bonds. The summed E-state index contributed by atoms with van der Waals surface area (Å²) < 4.78 is 0. The average Bonchev–Trinajstić information content (AvgIpc) is 2.04.